The number of anilines is 1. The van der Waals surface area contributed by atoms with E-state index < -0.39 is 10.0 Å². The number of aromatic nitrogens is 4. The second kappa shape index (κ2) is 9.72. The van der Waals surface area contributed by atoms with Gasteiger partial charge >= 0.3 is 0 Å². The van der Waals surface area contributed by atoms with Gasteiger partial charge in [-0.15, -0.1) is 5.10 Å². The van der Waals surface area contributed by atoms with Crippen LogP contribution < -0.4 is 10.0 Å². The Morgan fingerprint density at radius 3 is 2.61 bits per heavy atom. The highest BCUT2D eigenvalue weighted by Crippen LogP contribution is 2.37. The van der Waals surface area contributed by atoms with Crippen molar-refractivity contribution in [3.8, 4) is 11.1 Å². The quantitative estimate of drug-likeness (QED) is 0.453. The molecular formula is C22H30N6O4S. The van der Waals surface area contributed by atoms with Gasteiger partial charge in [-0.3, -0.25) is 0 Å². The van der Waals surface area contributed by atoms with Crippen LogP contribution in [0.5, 0.6) is 0 Å². The Kier molecular flexibility index (Phi) is 6.94. The molecule has 1 atom stereocenters. The molecule has 3 aromatic rings. The van der Waals surface area contributed by atoms with Crippen LogP contribution in [0.15, 0.2) is 35.6 Å². The molecule has 0 aromatic carbocycles. The van der Waals surface area contributed by atoms with Gasteiger partial charge in [0.2, 0.25) is 5.95 Å². The Hall–Kier alpha value is -2.60. The van der Waals surface area contributed by atoms with Crippen LogP contribution in [0.2, 0.25) is 0 Å². The Balaban J connectivity index is 1.76. The van der Waals surface area contributed by atoms with Crippen LogP contribution in [0.4, 0.5) is 5.95 Å². The van der Waals surface area contributed by atoms with E-state index in [0.29, 0.717) is 12.6 Å². The molecule has 3 N–H and O–H groups in total. The van der Waals surface area contributed by atoms with Crippen molar-refractivity contribution in [3.05, 3.63) is 36.3 Å². The zero-order valence-corrected chi connectivity index (χ0v) is 19.8. The third kappa shape index (κ3) is 5.01. The fourth-order valence-electron chi connectivity index (χ4n) is 4.29. The maximum atomic E-state index is 12.0. The first-order valence-electron chi connectivity index (χ1n) is 11.0. The molecule has 0 bridgehead atoms. The zero-order chi connectivity index (χ0) is 23.6. The van der Waals surface area contributed by atoms with E-state index in [1.165, 1.54) is 13.1 Å². The standard InChI is InChI=1S/C22H30N6O4S/c1-14(13-32-3)26-22-25-12-20-18(16-6-9-21(24-11-16)33(30,31)23-2)10-19(28(20)27-22)15-4-7-17(29)8-5-15/h6,9-12,14-15,17,23,29H,4-5,7-8,13H2,1-3H3,(H,26,27)/t14-,15?,17?/m0/s1. The second-order valence-electron chi connectivity index (χ2n) is 8.46. The van der Waals surface area contributed by atoms with Gasteiger partial charge in [0.15, 0.2) is 5.03 Å². The number of hydrogen-bond donors (Lipinski definition) is 3. The summed E-state index contributed by atoms with van der Waals surface area (Å²) in [5.41, 5.74) is 3.52. The van der Waals surface area contributed by atoms with Crippen LogP contribution >= 0.6 is 0 Å². The van der Waals surface area contributed by atoms with Gasteiger partial charge in [0.1, 0.15) is 0 Å². The average molecular weight is 475 g/mol. The predicted octanol–water partition coefficient (Wildman–Crippen LogP) is 2.16. The second-order valence-corrected chi connectivity index (χ2v) is 10.3. The highest BCUT2D eigenvalue weighted by molar-refractivity contribution is 7.89. The summed E-state index contributed by atoms with van der Waals surface area (Å²) in [5.74, 6) is 0.755. The lowest BCUT2D eigenvalue weighted by Gasteiger charge is -2.25. The number of fused-ring (bicyclic) bond motifs is 1. The summed E-state index contributed by atoms with van der Waals surface area (Å²) in [7, 11) is -0.605. The molecule has 11 heteroatoms. The first-order chi connectivity index (χ1) is 15.8. The van der Waals surface area contributed by atoms with E-state index in [-0.39, 0.29) is 23.1 Å². The van der Waals surface area contributed by atoms with Gasteiger partial charge in [-0.1, -0.05) is 0 Å². The van der Waals surface area contributed by atoms with Gasteiger partial charge in [0, 0.05) is 42.1 Å². The summed E-state index contributed by atoms with van der Waals surface area (Å²) < 4.78 is 33.5. The first-order valence-corrected chi connectivity index (χ1v) is 12.5. The minimum absolute atomic E-state index is 0.0337. The molecular weight excluding hydrogens is 444 g/mol. The number of ether oxygens (including phenoxy) is 1. The number of hydrogen-bond acceptors (Lipinski definition) is 8. The van der Waals surface area contributed by atoms with Crippen LogP contribution in [0, 0.1) is 0 Å². The summed E-state index contributed by atoms with van der Waals surface area (Å²) in [5, 5.41) is 17.9. The van der Waals surface area contributed by atoms with Crippen LogP contribution in [0.25, 0.3) is 16.6 Å². The lowest BCUT2D eigenvalue weighted by atomic mass is 9.85. The van der Waals surface area contributed by atoms with Crippen molar-refractivity contribution in [2.24, 2.45) is 0 Å². The van der Waals surface area contributed by atoms with E-state index in [1.54, 1.807) is 25.6 Å². The molecule has 33 heavy (non-hydrogen) atoms. The number of nitrogens with one attached hydrogen (secondary N) is 2. The predicted molar refractivity (Wildman–Crippen MR) is 125 cm³/mol. The van der Waals surface area contributed by atoms with Gasteiger partial charge in [0.05, 0.1) is 24.4 Å². The summed E-state index contributed by atoms with van der Waals surface area (Å²) in [6.45, 7) is 2.52. The number of rotatable bonds is 8. The van der Waals surface area contributed by atoms with Gasteiger partial charge < -0.3 is 15.2 Å². The van der Waals surface area contributed by atoms with E-state index >= 15 is 0 Å². The Labute approximate surface area is 193 Å². The SMILES string of the molecule is CNS(=O)(=O)c1ccc(-c2cc(C3CCC(O)CC3)n3nc(N[C@@H](C)COC)ncc23)cn1. The minimum Gasteiger partial charge on any atom is -0.393 e. The maximum absolute atomic E-state index is 12.0. The van der Waals surface area contributed by atoms with Crippen LogP contribution in [-0.4, -0.2) is 66.0 Å². The maximum Gasteiger partial charge on any atom is 0.257 e. The molecule has 0 amide bonds. The molecule has 0 radical (unpaired) electrons. The van der Waals surface area contributed by atoms with E-state index in [1.807, 2.05) is 11.4 Å². The summed E-state index contributed by atoms with van der Waals surface area (Å²) in [6.07, 6.45) is 6.33. The molecule has 10 nitrogen and oxygen atoms in total. The molecule has 3 heterocycles. The normalized spacial score (nSPS) is 20.1. The van der Waals surface area contributed by atoms with Crippen LogP contribution in [0.1, 0.15) is 44.2 Å². The zero-order valence-electron chi connectivity index (χ0n) is 19.0. The number of methoxy groups -OCH3 is 1. The van der Waals surface area contributed by atoms with Crippen molar-refractivity contribution in [1.29, 1.82) is 0 Å². The molecule has 0 saturated heterocycles. The Morgan fingerprint density at radius 2 is 1.97 bits per heavy atom. The number of pyridine rings is 1. The van der Waals surface area contributed by atoms with Crippen molar-refractivity contribution in [2.75, 3.05) is 26.1 Å². The van der Waals surface area contributed by atoms with E-state index in [9.17, 15) is 13.5 Å². The van der Waals surface area contributed by atoms with Crippen LogP contribution in [0.3, 0.4) is 0 Å². The summed E-state index contributed by atoms with van der Waals surface area (Å²) >= 11 is 0. The fourth-order valence-corrected chi connectivity index (χ4v) is 4.94. The number of aliphatic hydroxyl groups is 1. The topological polar surface area (TPSA) is 131 Å². The van der Waals surface area contributed by atoms with E-state index in [4.69, 9.17) is 9.84 Å². The molecule has 0 spiro atoms. The van der Waals surface area contributed by atoms with E-state index in [2.05, 4.69) is 26.1 Å². The van der Waals surface area contributed by atoms with Gasteiger partial charge in [0.25, 0.3) is 10.0 Å². The molecule has 0 aliphatic heterocycles. The molecule has 178 valence electrons. The fraction of sp³-hybridized carbons (Fsp3) is 0.500. The molecule has 1 fully saturated rings. The minimum atomic E-state index is -3.61. The largest absolute Gasteiger partial charge is 0.393 e. The van der Waals surface area contributed by atoms with Crippen molar-refractivity contribution in [1.82, 2.24) is 24.3 Å². The monoisotopic (exact) mass is 474 g/mol. The number of sulfonamides is 1. The van der Waals surface area contributed by atoms with Crippen molar-refractivity contribution < 1.29 is 18.3 Å². The van der Waals surface area contributed by atoms with E-state index in [0.717, 1.165) is 48.0 Å². The number of nitrogens with zero attached hydrogens (tertiary/aromatic N) is 4. The van der Waals surface area contributed by atoms with Crippen LogP contribution in [-0.2, 0) is 14.8 Å². The highest BCUT2D eigenvalue weighted by Gasteiger charge is 2.26. The third-order valence-electron chi connectivity index (χ3n) is 6.04. The number of aliphatic hydroxyl groups excluding tert-OH is 1. The molecule has 3 aromatic heterocycles. The van der Waals surface area contributed by atoms with Gasteiger partial charge in [-0.25, -0.2) is 27.6 Å². The van der Waals surface area contributed by atoms with Crippen molar-refractivity contribution in [3.63, 3.8) is 0 Å². The third-order valence-corrected chi connectivity index (χ3v) is 7.37. The summed E-state index contributed by atoms with van der Waals surface area (Å²) in [6, 6.07) is 5.36. The smallest absolute Gasteiger partial charge is 0.257 e. The highest BCUT2D eigenvalue weighted by atomic mass is 32.2. The van der Waals surface area contributed by atoms with Crippen molar-refractivity contribution in [2.45, 2.75) is 55.7 Å². The Bertz CT molecular complexity index is 1200. The molecule has 4 rings (SSSR count). The molecule has 1 saturated carbocycles. The first kappa shape index (κ1) is 23.6. The lowest BCUT2D eigenvalue weighted by molar-refractivity contribution is 0.121. The van der Waals surface area contributed by atoms with Gasteiger partial charge in [-0.2, -0.15) is 0 Å². The lowest BCUT2D eigenvalue weighted by Crippen LogP contribution is -2.23. The van der Waals surface area contributed by atoms with Gasteiger partial charge in [-0.05, 0) is 57.9 Å². The summed E-state index contributed by atoms with van der Waals surface area (Å²) in [4.78, 5) is 8.64. The Morgan fingerprint density at radius 1 is 1.21 bits per heavy atom. The molecule has 0 unspecified atom stereocenters. The molecule has 1 aliphatic carbocycles. The average Bonchev–Trinajstić information content (AvgIpc) is 3.18. The molecule has 1 aliphatic rings. The van der Waals surface area contributed by atoms with Crippen molar-refractivity contribution >= 4 is 21.5 Å².